The molecule has 0 saturated heterocycles. The molecule has 0 unspecified atom stereocenters. The topological polar surface area (TPSA) is 67.6 Å². The molecule has 1 aromatic rings. The van der Waals surface area contributed by atoms with E-state index in [-0.39, 0.29) is 6.03 Å². The van der Waals surface area contributed by atoms with Gasteiger partial charge in [-0.25, -0.2) is 10.6 Å². The van der Waals surface area contributed by atoms with Crippen LogP contribution in [0.5, 0.6) is 5.75 Å². The van der Waals surface area contributed by atoms with E-state index in [1.807, 2.05) is 6.92 Å². The molecule has 0 radical (unpaired) electrons. The first kappa shape index (κ1) is 11.3. The van der Waals surface area contributed by atoms with E-state index < -0.39 is 0 Å². The van der Waals surface area contributed by atoms with Crippen molar-refractivity contribution in [2.45, 2.75) is 6.92 Å². The van der Waals surface area contributed by atoms with Crippen molar-refractivity contribution in [3.05, 3.63) is 24.3 Å². The fourth-order valence-corrected chi connectivity index (χ4v) is 1.15. The predicted molar refractivity (Wildman–Crippen MR) is 58.7 cm³/mol. The molecule has 0 aliphatic heterocycles. The first-order valence-electron chi connectivity index (χ1n) is 4.66. The SMILES string of the molecule is CCOc1ccc(N(C)C(=O)NN)cc1. The number of hydrogen-bond acceptors (Lipinski definition) is 3. The molecule has 0 saturated carbocycles. The van der Waals surface area contributed by atoms with E-state index in [2.05, 4.69) is 5.43 Å². The minimum Gasteiger partial charge on any atom is -0.494 e. The van der Waals surface area contributed by atoms with E-state index in [0.29, 0.717) is 6.61 Å². The third-order valence-corrected chi connectivity index (χ3v) is 1.96. The smallest absolute Gasteiger partial charge is 0.335 e. The van der Waals surface area contributed by atoms with E-state index >= 15 is 0 Å². The maximum absolute atomic E-state index is 11.2. The van der Waals surface area contributed by atoms with Gasteiger partial charge >= 0.3 is 6.03 Å². The summed E-state index contributed by atoms with van der Waals surface area (Å²) in [4.78, 5) is 12.6. The highest BCUT2D eigenvalue weighted by molar-refractivity contribution is 5.90. The van der Waals surface area contributed by atoms with Crippen LogP contribution in [-0.2, 0) is 0 Å². The third-order valence-electron chi connectivity index (χ3n) is 1.96. The number of benzene rings is 1. The standard InChI is InChI=1S/C10H15N3O2/c1-3-15-9-6-4-8(5-7-9)13(2)10(14)12-11/h4-7H,3,11H2,1-2H3,(H,12,14). The van der Waals surface area contributed by atoms with E-state index in [1.165, 1.54) is 4.90 Å². The second-order valence-corrected chi connectivity index (χ2v) is 2.94. The van der Waals surface area contributed by atoms with Crippen molar-refractivity contribution >= 4 is 11.7 Å². The minimum absolute atomic E-state index is 0.362. The lowest BCUT2D eigenvalue weighted by molar-refractivity contribution is 0.247. The highest BCUT2D eigenvalue weighted by Gasteiger charge is 2.08. The molecule has 1 aromatic carbocycles. The zero-order valence-electron chi connectivity index (χ0n) is 8.86. The Bertz CT molecular complexity index is 324. The maximum Gasteiger partial charge on any atom is 0.335 e. The summed E-state index contributed by atoms with van der Waals surface area (Å²) in [6.07, 6.45) is 0. The summed E-state index contributed by atoms with van der Waals surface area (Å²) in [5.74, 6) is 5.80. The molecule has 1 rings (SSSR count). The lowest BCUT2D eigenvalue weighted by atomic mass is 10.3. The maximum atomic E-state index is 11.2. The minimum atomic E-state index is -0.362. The number of carbonyl (C=O) groups excluding carboxylic acids is 1. The molecular weight excluding hydrogens is 194 g/mol. The largest absolute Gasteiger partial charge is 0.494 e. The first-order chi connectivity index (χ1) is 7.19. The molecular formula is C10H15N3O2. The summed E-state index contributed by atoms with van der Waals surface area (Å²) in [6.45, 7) is 2.54. The van der Waals surface area contributed by atoms with E-state index in [9.17, 15) is 4.79 Å². The fourth-order valence-electron chi connectivity index (χ4n) is 1.15. The van der Waals surface area contributed by atoms with Crippen molar-refractivity contribution in [3.63, 3.8) is 0 Å². The zero-order chi connectivity index (χ0) is 11.3. The van der Waals surface area contributed by atoms with Crippen LogP contribution in [0.15, 0.2) is 24.3 Å². The molecule has 0 bridgehead atoms. The first-order valence-corrected chi connectivity index (χ1v) is 4.66. The average molecular weight is 209 g/mol. The van der Waals surface area contributed by atoms with Crippen LogP contribution in [0.1, 0.15) is 6.92 Å². The average Bonchev–Trinajstić information content (AvgIpc) is 2.28. The molecule has 15 heavy (non-hydrogen) atoms. The molecule has 0 spiro atoms. The van der Waals surface area contributed by atoms with Crippen LogP contribution in [-0.4, -0.2) is 19.7 Å². The Morgan fingerprint density at radius 1 is 1.47 bits per heavy atom. The number of nitrogens with one attached hydrogen (secondary N) is 1. The number of carbonyl (C=O) groups is 1. The molecule has 2 amide bonds. The van der Waals surface area contributed by atoms with Crippen LogP contribution in [0.2, 0.25) is 0 Å². The summed E-state index contributed by atoms with van der Waals surface area (Å²) in [5, 5.41) is 0. The van der Waals surface area contributed by atoms with Gasteiger partial charge < -0.3 is 4.74 Å². The van der Waals surface area contributed by atoms with Gasteiger partial charge in [0.2, 0.25) is 0 Å². The summed E-state index contributed by atoms with van der Waals surface area (Å²) >= 11 is 0. The number of hydrogen-bond donors (Lipinski definition) is 2. The van der Waals surface area contributed by atoms with Crippen LogP contribution in [0, 0.1) is 0 Å². The Hall–Kier alpha value is -1.75. The van der Waals surface area contributed by atoms with Crippen LogP contribution in [0.4, 0.5) is 10.5 Å². The van der Waals surface area contributed by atoms with Gasteiger partial charge in [-0.1, -0.05) is 0 Å². The van der Waals surface area contributed by atoms with Gasteiger partial charge in [-0.15, -0.1) is 0 Å². The van der Waals surface area contributed by atoms with Crippen molar-refractivity contribution in [3.8, 4) is 5.75 Å². The van der Waals surface area contributed by atoms with Gasteiger partial charge in [0.25, 0.3) is 0 Å². The molecule has 82 valence electrons. The molecule has 0 fully saturated rings. The molecule has 0 atom stereocenters. The predicted octanol–water partition coefficient (Wildman–Crippen LogP) is 1.10. The number of rotatable bonds is 3. The summed E-state index contributed by atoms with van der Waals surface area (Å²) in [5.41, 5.74) is 2.81. The van der Waals surface area contributed by atoms with Crippen molar-refractivity contribution < 1.29 is 9.53 Å². The summed E-state index contributed by atoms with van der Waals surface area (Å²) in [6, 6.07) is 6.83. The summed E-state index contributed by atoms with van der Waals surface area (Å²) < 4.78 is 5.28. The second kappa shape index (κ2) is 5.21. The Kier molecular flexibility index (Phi) is 3.93. The number of nitrogens with two attached hydrogens (primary N) is 1. The van der Waals surface area contributed by atoms with Crippen LogP contribution < -0.4 is 20.9 Å². The number of anilines is 1. The number of amides is 2. The molecule has 5 nitrogen and oxygen atoms in total. The van der Waals surface area contributed by atoms with Gasteiger partial charge in [0.05, 0.1) is 6.61 Å². The van der Waals surface area contributed by atoms with E-state index in [1.54, 1.807) is 31.3 Å². The molecule has 5 heteroatoms. The number of ether oxygens (including phenoxy) is 1. The Morgan fingerprint density at radius 3 is 2.53 bits per heavy atom. The Morgan fingerprint density at radius 2 is 2.07 bits per heavy atom. The van der Waals surface area contributed by atoms with E-state index in [0.717, 1.165) is 11.4 Å². The van der Waals surface area contributed by atoms with Gasteiger partial charge in [0.1, 0.15) is 5.75 Å². The van der Waals surface area contributed by atoms with Gasteiger partial charge in [-0.05, 0) is 31.2 Å². The lowest BCUT2D eigenvalue weighted by Gasteiger charge is -2.16. The van der Waals surface area contributed by atoms with Crippen molar-refractivity contribution in [1.29, 1.82) is 0 Å². The summed E-state index contributed by atoms with van der Waals surface area (Å²) in [7, 11) is 1.64. The van der Waals surface area contributed by atoms with Crippen molar-refractivity contribution in [2.24, 2.45) is 5.84 Å². The molecule has 3 N–H and O–H groups in total. The molecule has 0 aliphatic carbocycles. The third kappa shape index (κ3) is 2.85. The van der Waals surface area contributed by atoms with Gasteiger partial charge in [-0.2, -0.15) is 0 Å². The normalized spacial score (nSPS) is 9.53. The van der Waals surface area contributed by atoms with E-state index in [4.69, 9.17) is 10.6 Å². The Balaban J connectivity index is 2.75. The van der Waals surface area contributed by atoms with Gasteiger partial charge in [0, 0.05) is 12.7 Å². The monoisotopic (exact) mass is 209 g/mol. The molecule has 0 aromatic heterocycles. The Labute approximate surface area is 88.8 Å². The van der Waals surface area contributed by atoms with Crippen LogP contribution in [0.25, 0.3) is 0 Å². The highest BCUT2D eigenvalue weighted by Crippen LogP contribution is 2.18. The quantitative estimate of drug-likeness (QED) is 0.445. The zero-order valence-corrected chi connectivity index (χ0v) is 8.86. The second-order valence-electron chi connectivity index (χ2n) is 2.94. The highest BCUT2D eigenvalue weighted by atomic mass is 16.5. The van der Waals surface area contributed by atoms with Crippen LogP contribution in [0.3, 0.4) is 0 Å². The van der Waals surface area contributed by atoms with Crippen molar-refractivity contribution in [2.75, 3.05) is 18.6 Å². The lowest BCUT2D eigenvalue weighted by Crippen LogP contribution is -2.41. The fraction of sp³-hybridized carbons (Fsp3) is 0.300. The molecule has 0 aliphatic rings. The number of nitrogens with zero attached hydrogens (tertiary/aromatic N) is 1. The number of urea groups is 1. The van der Waals surface area contributed by atoms with Crippen molar-refractivity contribution in [1.82, 2.24) is 5.43 Å². The number of hydrazine groups is 1. The van der Waals surface area contributed by atoms with Crippen LogP contribution >= 0.6 is 0 Å². The van der Waals surface area contributed by atoms with Gasteiger partial charge in [0.15, 0.2) is 0 Å². The van der Waals surface area contributed by atoms with Gasteiger partial charge in [-0.3, -0.25) is 10.3 Å². The molecule has 0 heterocycles.